The fraction of sp³-hybridized carbons (Fsp3) is 0.357. The van der Waals surface area contributed by atoms with Gasteiger partial charge in [-0.25, -0.2) is 4.68 Å². The summed E-state index contributed by atoms with van der Waals surface area (Å²) in [6.45, 7) is 4.42. The van der Waals surface area contributed by atoms with Gasteiger partial charge in [0.25, 0.3) is 0 Å². The summed E-state index contributed by atoms with van der Waals surface area (Å²) in [5.74, 6) is -0.0714. The minimum Gasteiger partial charge on any atom is -0.323 e. The fourth-order valence-electron chi connectivity index (χ4n) is 1.72. The summed E-state index contributed by atoms with van der Waals surface area (Å²) >= 11 is 0. The van der Waals surface area contributed by atoms with Gasteiger partial charge in [0.05, 0.1) is 30.3 Å². The molecule has 106 valence electrons. The molecule has 6 nitrogen and oxygen atoms in total. The Bertz CT molecular complexity index is 552. The quantitative estimate of drug-likeness (QED) is 0.838. The van der Waals surface area contributed by atoms with Crippen LogP contribution in [0.15, 0.2) is 36.7 Å². The van der Waals surface area contributed by atoms with Gasteiger partial charge < -0.3 is 10.6 Å². The van der Waals surface area contributed by atoms with Crippen LogP contribution >= 0.6 is 0 Å². The smallest absolute Gasteiger partial charge is 0.238 e. The van der Waals surface area contributed by atoms with Crippen LogP contribution in [-0.2, 0) is 4.79 Å². The van der Waals surface area contributed by atoms with E-state index >= 15 is 0 Å². The highest BCUT2D eigenvalue weighted by molar-refractivity contribution is 5.94. The number of hydrogen-bond acceptors (Lipinski definition) is 4. The number of rotatable bonds is 6. The van der Waals surface area contributed by atoms with Crippen LogP contribution in [0.1, 0.15) is 20.3 Å². The number of carbonyl (C=O) groups is 1. The van der Waals surface area contributed by atoms with Gasteiger partial charge in [-0.3, -0.25) is 4.79 Å². The highest BCUT2D eigenvalue weighted by Crippen LogP contribution is 2.18. The number of para-hydroxylation sites is 2. The second-order valence-electron chi connectivity index (χ2n) is 4.60. The first-order valence-corrected chi connectivity index (χ1v) is 6.69. The number of nitrogens with zero attached hydrogens (tertiary/aromatic N) is 3. The first kappa shape index (κ1) is 14.2. The maximum Gasteiger partial charge on any atom is 0.238 e. The van der Waals surface area contributed by atoms with Crippen molar-refractivity contribution in [2.75, 3.05) is 11.9 Å². The molecule has 0 aliphatic heterocycles. The van der Waals surface area contributed by atoms with Crippen LogP contribution in [-0.4, -0.2) is 33.5 Å². The zero-order valence-corrected chi connectivity index (χ0v) is 11.7. The van der Waals surface area contributed by atoms with E-state index in [2.05, 4.69) is 34.8 Å². The normalized spacial score (nSPS) is 12.1. The van der Waals surface area contributed by atoms with Crippen LogP contribution in [0.2, 0.25) is 0 Å². The van der Waals surface area contributed by atoms with E-state index in [0.29, 0.717) is 18.3 Å². The SMILES string of the molecule is CCC(C)NCC(=O)Nc1ccccc1-n1ccnn1. The van der Waals surface area contributed by atoms with Gasteiger partial charge in [0, 0.05) is 6.04 Å². The Hall–Kier alpha value is -2.21. The molecule has 0 radical (unpaired) electrons. The van der Waals surface area contributed by atoms with E-state index < -0.39 is 0 Å². The van der Waals surface area contributed by atoms with Gasteiger partial charge in [0.1, 0.15) is 0 Å². The summed E-state index contributed by atoms with van der Waals surface area (Å²) in [6.07, 6.45) is 4.33. The van der Waals surface area contributed by atoms with Gasteiger partial charge in [0.15, 0.2) is 0 Å². The zero-order chi connectivity index (χ0) is 14.4. The van der Waals surface area contributed by atoms with E-state index in [9.17, 15) is 4.79 Å². The largest absolute Gasteiger partial charge is 0.323 e. The molecule has 0 aliphatic rings. The molecule has 0 saturated heterocycles. The first-order chi connectivity index (χ1) is 9.70. The molecule has 1 unspecified atom stereocenters. The van der Waals surface area contributed by atoms with Crippen LogP contribution in [0.5, 0.6) is 0 Å². The predicted molar refractivity (Wildman–Crippen MR) is 77.7 cm³/mol. The van der Waals surface area contributed by atoms with Gasteiger partial charge >= 0.3 is 0 Å². The third kappa shape index (κ3) is 3.64. The number of hydrogen-bond donors (Lipinski definition) is 2. The van der Waals surface area contributed by atoms with Gasteiger partial charge in [-0.2, -0.15) is 0 Å². The van der Waals surface area contributed by atoms with Crippen molar-refractivity contribution >= 4 is 11.6 Å². The van der Waals surface area contributed by atoms with E-state index in [4.69, 9.17) is 0 Å². The molecular formula is C14H19N5O. The van der Waals surface area contributed by atoms with E-state index in [1.54, 1.807) is 17.1 Å². The number of amides is 1. The average Bonchev–Trinajstić information content (AvgIpc) is 2.99. The molecule has 0 saturated carbocycles. The Morgan fingerprint density at radius 3 is 2.90 bits per heavy atom. The third-order valence-electron chi connectivity index (χ3n) is 3.07. The first-order valence-electron chi connectivity index (χ1n) is 6.69. The molecule has 1 amide bonds. The highest BCUT2D eigenvalue weighted by Gasteiger charge is 2.09. The Labute approximate surface area is 118 Å². The highest BCUT2D eigenvalue weighted by atomic mass is 16.1. The Balaban J connectivity index is 2.04. The lowest BCUT2D eigenvalue weighted by molar-refractivity contribution is -0.115. The van der Waals surface area contributed by atoms with Crippen molar-refractivity contribution in [3.63, 3.8) is 0 Å². The molecule has 1 heterocycles. The van der Waals surface area contributed by atoms with Crippen LogP contribution in [0, 0.1) is 0 Å². The van der Waals surface area contributed by atoms with Crippen LogP contribution in [0.3, 0.4) is 0 Å². The van der Waals surface area contributed by atoms with Gasteiger partial charge in [0.2, 0.25) is 5.91 Å². The number of anilines is 1. The van der Waals surface area contributed by atoms with Crippen molar-refractivity contribution in [2.24, 2.45) is 0 Å². The molecule has 2 rings (SSSR count). The molecule has 0 fully saturated rings. The van der Waals surface area contributed by atoms with Crippen molar-refractivity contribution < 1.29 is 4.79 Å². The lowest BCUT2D eigenvalue weighted by Gasteiger charge is -2.13. The lowest BCUT2D eigenvalue weighted by Crippen LogP contribution is -2.34. The molecule has 2 aromatic rings. The molecule has 1 aromatic carbocycles. The molecule has 1 atom stereocenters. The second-order valence-corrected chi connectivity index (χ2v) is 4.60. The van der Waals surface area contributed by atoms with E-state index in [-0.39, 0.29) is 5.91 Å². The summed E-state index contributed by atoms with van der Waals surface area (Å²) in [6, 6.07) is 7.82. The lowest BCUT2D eigenvalue weighted by atomic mass is 10.2. The van der Waals surface area contributed by atoms with Crippen molar-refractivity contribution in [1.82, 2.24) is 20.3 Å². The van der Waals surface area contributed by atoms with E-state index in [0.717, 1.165) is 12.1 Å². The summed E-state index contributed by atoms with van der Waals surface area (Å²) < 4.78 is 1.62. The molecule has 2 N–H and O–H groups in total. The maximum atomic E-state index is 11.9. The summed E-state index contributed by atoms with van der Waals surface area (Å²) in [7, 11) is 0. The molecular weight excluding hydrogens is 254 g/mol. The fourth-order valence-corrected chi connectivity index (χ4v) is 1.72. The van der Waals surface area contributed by atoms with Crippen LogP contribution < -0.4 is 10.6 Å². The molecule has 0 aliphatic carbocycles. The minimum absolute atomic E-state index is 0.0714. The Morgan fingerprint density at radius 2 is 2.20 bits per heavy atom. The standard InChI is InChI=1S/C14H19N5O/c1-3-11(2)15-10-14(20)17-12-6-4-5-7-13(12)19-9-8-16-18-19/h4-9,11,15H,3,10H2,1-2H3,(H,17,20). The summed E-state index contributed by atoms with van der Waals surface area (Å²) in [5.41, 5.74) is 1.51. The monoisotopic (exact) mass is 273 g/mol. The topological polar surface area (TPSA) is 71.8 Å². The number of carbonyl (C=O) groups excluding carboxylic acids is 1. The van der Waals surface area contributed by atoms with Crippen molar-refractivity contribution in [3.05, 3.63) is 36.7 Å². The number of nitrogens with one attached hydrogen (secondary N) is 2. The average molecular weight is 273 g/mol. The van der Waals surface area contributed by atoms with Gasteiger partial charge in [-0.15, -0.1) is 5.10 Å². The van der Waals surface area contributed by atoms with Crippen LogP contribution in [0.4, 0.5) is 5.69 Å². The Kier molecular flexibility index (Phi) is 4.84. The van der Waals surface area contributed by atoms with Crippen molar-refractivity contribution in [1.29, 1.82) is 0 Å². The third-order valence-corrected chi connectivity index (χ3v) is 3.07. The number of aromatic nitrogens is 3. The molecule has 0 bridgehead atoms. The van der Waals surface area contributed by atoms with Gasteiger partial charge in [-0.05, 0) is 25.5 Å². The predicted octanol–water partition coefficient (Wildman–Crippen LogP) is 1.59. The summed E-state index contributed by atoms with van der Waals surface area (Å²) in [4.78, 5) is 11.9. The van der Waals surface area contributed by atoms with Crippen LogP contribution in [0.25, 0.3) is 5.69 Å². The molecule has 20 heavy (non-hydrogen) atoms. The minimum atomic E-state index is -0.0714. The molecule has 6 heteroatoms. The van der Waals surface area contributed by atoms with E-state index in [1.807, 2.05) is 24.3 Å². The van der Waals surface area contributed by atoms with Crippen molar-refractivity contribution in [3.8, 4) is 5.69 Å². The van der Waals surface area contributed by atoms with E-state index in [1.165, 1.54) is 0 Å². The maximum absolute atomic E-state index is 11.9. The zero-order valence-electron chi connectivity index (χ0n) is 11.7. The Morgan fingerprint density at radius 1 is 1.40 bits per heavy atom. The summed E-state index contributed by atoms with van der Waals surface area (Å²) in [5, 5.41) is 13.8. The number of benzene rings is 1. The van der Waals surface area contributed by atoms with Crippen molar-refractivity contribution in [2.45, 2.75) is 26.3 Å². The molecule has 0 spiro atoms. The second kappa shape index (κ2) is 6.81. The molecule has 1 aromatic heterocycles. The van der Waals surface area contributed by atoms with Gasteiger partial charge in [-0.1, -0.05) is 24.3 Å².